The molecule has 0 atom stereocenters. The Bertz CT molecular complexity index is 403. The van der Waals surface area contributed by atoms with E-state index < -0.39 is 0 Å². The normalized spacial score (nSPS) is 9.78. The van der Waals surface area contributed by atoms with Crippen molar-refractivity contribution in [2.24, 2.45) is 0 Å². The standard InChI is InChI=1S/C11H18N6O/c1-6-15(3)9-12-10(16(4)7-2)14-11(13-9)17(5)8-18/h6-7,18H,1-2,8H2,3-5H3. The minimum absolute atomic E-state index is 0.182. The van der Waals surface area contributed by atoms with Crippen LogP contribution in [0.3, 0.4) is 0 Å². The second kappa shape index (κ2) is 5.97. The summed E-state index contributed by atoms with van der Waals surface area (Å²) in [6, 6.07) is 0. The quantitative estimate of drug-likeness (QED) is 0.734. The number of nitrogens with zero attached hydrogens (tertiary/aromatic N) is 6. The highest BCUT2D eigenvalue weighted by molar-refractivity contribution is 5.47. The van der Waals surface area contributed by atoms with Gasteiger partial charge in [0.25, 0.3) is 0 Å². The van der Waals surface area contributed by atoms with E-state index in [-0.39, 0.29) is 6.73 Å². The van der Waals surface area contributed by atoms with Gasteiger partial charge in [-0.05, 0) is 12.4 Å². The summed E-state index contributed by atoms with van der Waals surface area (Å²) in [7, 11) is 5.25. The van der Waals surface area contributed by atoms with Crippen LogP contribution in [0.4, 0.5) is 17.8 Å². The van der Waals surface area contributed by atoms with Crippen LogP contribution in [0.25, 0.3) is 0 Å². The molecule has 0 aliphatic heterocycles. The highest BCUT2D eigenvalue weighted by Gasteiger charge is 2.13. The van der Waals surface area contributed by atoms with E-state index in [0.717, 1.165) is 0 Å². The van der Waals surface area contributed by atoms with Crippen LogP contribution in [0.1, 0.15) is 0 Å². The van der Waals surface area contributed by atoms with Gasteiger partial charge in [-0.15, -0.1) is 0 Å². The maximum absolute atomic E-state index is 9.12. The van der Waals surface area contributed by atoms with Gasteiger partial charge < -0.3 is 19.8 Å². The van der Waals surface area contributed by atoms with Crippen LogP contribution < -0.4 is 14.7 Å². The van der Waals surface area contributed by atoms with Gasteiger partial charge >= 0.3 is 0 Å². The Morgan fingerprint density at radius 3 is 1.67 bits per heavy atom. The lowest BCUT2D eigenvalue weighted by Crippen LogP contribution is -2.24. The number of aromatic nitrogens is 3. The summed E-state index contributed by atoms with van der Waals surface area (Å²) in [5.41, 5.74) is 0. The van der Waals surface area contributed by atoms with Crippen molar-refractivity contribution in [1.82, 2.24) is 15.0 Å². The molecule has 7 nitrogen and oxygen atoms in total. The van der Waals surface area contributed by atoms with Crippen molar-refractivity contribution in [2.45, 2.75) is 0 Å². The Kier molecular flexibility index (Phi) is 4.61. The Labute approximate surface area is 107 Å². The summed E-state index contributed by atoms with van der Waals surface area (Å²) in [5, 5.41) is 9.12. The first-order valence-corrected chi connectivity index (χ1v) is 5.32. The fraction of sp³-hybridized carbons (Fsp3) is 0.364. The topological polar surface area (TPSA) is 68.6 Å². The molecule has 1 N–H and O–H groups in total. The minimum Gasteiger partial charge on any atom is -0.376 e. The predicted octanol–water partition coefficient (Wildman–Crippen LogP) is 0.417. The molecule has 1 aromatic rings. The van der Waals surface area contributed by atoms with Crippen molar-refractivity contribution >= 4 is 17.8 Å². The van der Waals surface area contributed by atoms with Crippen LogP contribution >= 0.6 is 0 Å². The fourth-order valence-corrected chi connectivity index (χ4v) is 1.06. The van der Waals surface area contributed by atoms with Gasteiger partial charge in [0, 0.05) is 21.1 Å². The van der Waals surface area contributed by atoms with E-state index in [9.17, 15) is 0 Å². The molecule has 1 heterocycles. The Hall–Kier alpha value is -2.15. The van der Waals surface area contributed by atoms with Crippen LogP contribution in [0.5, 0.6) is 0 Å². The van der Waals surface area contributed by atoms with Crippen LogP contribution in [0.15, 0.2) is 25.6 Å². The van der Waals surface area contributed by atoms with Crippen molar-refractivity contribution in [2.75, 3.05) is 42.6 Å². The lowest BCUT2D eigenvalue weighted by molar-refractivity contribution is 0.296. The van der Waals surface area contributed by atoms with Crippen LogP contribution in [0, 0.1) is 0 Å². The molecule has 0 spiro atoms. The summed E-state index contributed by atoms with van der Waals surface area (Å²) in [5.74, 6) is 1.26. The highest BCUT2D eigenvalue weighted by Crippen LogP contribution is 2.16. The first-order valence-electron chi connectivity index (χ1n) is 5.32. The molecule has 0 unspecified atom stereocenters. The van der Waals surface area contributed by atoms with E-state index in [1.165, 1.54) is 4.90 Å². The molecule has 18 heavy (non-hydrogen) atoms. The van der Waals surface area contributed by atoms with E-state index in [2.05, 4.69) is 28.1 Å². The van der Waals surface area contributed by atoms with E-state index in [4.69, 9.17) is 5.11 Å². The molecule has 0 saturated carbocycles. The largest absolute Gasteiger partial charge is 0.376 e. The zero-order valence-electron chi connectivity index (χ0n) is 10.9. The van der Waals surface area contributed by atoms with Gasteiger partial charge in [-0.2, -0.15) is 15.0 Å². The van der Waals surface area contributed by atoms with Crippen molar-refractivity contribution in [3.05, 3.63) is 25.6 Å². The maximum Gasteiger partial charge on any atom is 0.235 e. The first-order chi connectivity index (χ1) is 8.53. The molecule has 0 aliphatic rings. The summed E-state index contributed by atoms with van der Waals surface area (Å²) in [4.78, 5) is 17.6. The SMILES string of the molecule is C=CN(C)c1nc(N(C)C=C)nc(N(C)CO)n1. The molecule has 7 heteroatoms. The molecule has 0 bridgehead atoms. The van der Waals surface area contributed by atoms with Gasteiger partial charge in [-0.3, -0.25) is 0 Å². The van der Waals surface area contributed by atoms with E-state index in [1.807, 2.05) is 0 Å². The predicted molar refractivity (Wildman–Crippen MR) is 72.5 cm³/mol. The zero-order chi connectivity index (χ0) is 13.7. The van der Waals surface area contributed by atoms with Gasteiger partial charge in [0.15, 0.2) is 0 Å². The smallest absolute Gasteiger partial charge is 0.235 e. The monoisotopic (exact) mass is 250 g/mol. The summed E-state index contributed by atoms with van der Waals surface area (Å²) in [6.45, 7) is 7.13. The number of aliphatic hydroxyl groups excluding tert-OH is 1. The molecule has 0 saturated heterocycles. The molecule has 0 fully saturated rings. The maximum atomic E-state index is 9.12. The highest BCUT2D eigenvalue weighted by atomic mass is 16.3. The third kappa shape index (κ3) is 2.95. The average molecular weight is 250 g/mol. The Morgan fingerprint density at radius 1 is 0.944 bits per heavy atom. The summed E-state index contributed by atoms with van der Waals surface area (Å²) in [6.07, 6.45) is 3.19. The first kappa shape index (κ1) is 13.9. The summed E-state index contributed by atoms with van der Waals surface area (Å²) < 4.78 is 0. The van der Waals surface area contributed by atoms with Crippen molar-refractivity contribution in [1.29, 1.82) is 0 Å². The van der Waals surface area contributed by atoms with E-state index >= 15 is 0 Å². The third-order valence-electron chi connectivity index (χ3n) is 2.33. The van der Waals surface area contributed by atoms with Crippen LogP contribution in [-0.2, 0) is 0 Å². The van der Waals surface area contributed by atoms with E-state index in [0.29, 0.717) is 17.8 Å². The second-order valence-corrected chi connectivity index (χ2v) is 3.66. The number of hydrogen-bond acceptors (Lipinski definition) is 7. The molecule has 0 amide bonds. The average Bonchev–Trinajstić information content (AvgIpc) is 2.43. The van der Waals surface area contributed by atoms with Gasteiger partial charge in [0.1, 0.15) is 6.73 Å². The number of anilines is 3. The van der Waals surface area contributed by atoms with Crippen molar-refractivity contribution in [3.8, 4) is 0 Å². The second-order valence-electron chi connectivity index (χ2n) is 3.66. The lowest BCUT2D eigenvalue weighted by atomic mass is 10.6. The zero-order valence-corrected chi connectivity index (χ0v) is 10.9. The molecule has 1 aromatic heterocycles. The third-order valence-corrected chi connectivity index (χ3v) is 2.33. The number of aliphatic hydroxyl groups is 1. The van der Waals surface area contributed by atoms with Gasteiger partial charge in [0.05, 0.1) is 0 Å². The van der Waals surface area contributed by atoms with Gasteiger partial charge in [0.2, 0.25) is 17.8 Å². The molecular formula is C11H18N6O. The van der Waals surface area contributed by atoms with Crippen molar-refractivity contribution < 1.29 is 5.11 Å². The van der Waals surface area contributed by atoms with Gasteiger partial charge in [-0.1, -0.05) is 13.2 Å². The van der Waals surface area contributed by atoms with Gasteiger partial charge in [-0.25, -0.2) is 0 Å². The lowest BCUT2D eigenvalue weighted by Gasteiger charge is -2.20. The Morgan fingerprint density at radius 2 is 1.33 bits per heavy atom. The molecular weight excluding hydrogens is 232 g/mol. The molecule has 1 rings (SSSR count). The van der Waals surface area contributed by atoms with Crippen LogP contribution in [-0.4, -0.2) is 47.9 Å². The molecule has 0 radical (unpaired) electrons. The van der Waals surface area contributed by atoms with Crippen LogP contribution in [0.2, 0.25) is 0 Å². The fourth-order valence-electron chi connectivity index (χ4n) is 1.06. The molecule has 0 aromatic carbocycles. The van der Waals surface area contributed by atoms with Crippen molar-refractivity contribution in [3.63, 3.8) is 0 Å². The minimum atomic E-state index is -0.182. The number of rotatable bonds is 6. The molecule has 0 aliphatic carbocycles. The Balaban J connectivity index is 3.27. The van der Waals surface area contributed by atoms with E-state index in [1.54, 1.807) is 43.3 Å². The summed E-state index contributed by atoms with van der Waals surface area (Å²) >= 11 is 0. The molecule has 98 valence electrons. The number of hydrogen-bond donors (Lipinski definition) is 1.